The number of halogens is 1. The number of likely N-dealkylation sites (N-methyl/N-ethyl adjacent to an activating group) is 1. The lowest BCUT2D eigenvalue weighted by Crippen LogP contribution is -2.25. The van der Waals surface area contributed by atoms with E-state index in [-0.39, 0.29) is 6.04 Å². The van der Waals surface area contributed by atoms with Gasteiger partial charge >= 0.3 is 0 Å². The minimum Gasteiger partial charge on any atom is -0.309 e. The van der Waals surface area contributed by atoms with Crippen molar-refractivity contribution in [2.45, 2.75) is 33.2 Å². The summed E-state index contributed by atoms with van der Waals surface area (Å²) < 4.78 is 1.86. The van der Waals surface area contributed by atoms with Crippen LogP contribution in [0, 0.1) is 13.8 Å². The Morgan fingerprint density at radius 3 is 2.70 bits per heavy atom. The molecule has 0 bridgehead atoms. The molecule has 0 saturated heterocycles. The number of rotatable bonds is 5. The molecule has 0 aliphatic carbocycles. The van der Waals surface area contributed by atoms with E-state index >= 15 is 0 Å². The number of benzene rings is 1. The highest BCUT2D eigenvalue weighted by molar-refractivity contribution is 6.31. The van der Waals surface area contributed by atoms with Crippen LogP contribution in [-0.2, 0) is 13.5 Å². The summed E-state index contributed by atoms with van der Waals surface area (Å²) in [4.78, 5) is 0. The fourth-order valence-electron chi connectivity index (χ4n) is 2.56. The molecule has 1 aromatic carbocycles. The SMILES string of the molecule is CCNC(Cc1cc(C)ccc1C)c1c(Cl)cnn1C. The van der Waals surface area contributed by atoms with Crippen molar-refractivity contribution >= 4 is 11.6 Å². The largest absolute Gasteiger partial charge is 0.309 e. The third-order valence-electron chi connectivity index (χ3n) is 3.65. The molecule has 1 N–H and O–H groups in total. The molecule has 0 radical (unpaired) electrons. The third-order valence-corrected chi connectivity index (χ3v) is 3.94. The zero-order valence-corrected chi connectivity index (χ0v) is 13.3. The first kappa shape index (κ1) is 15.1. The van der Waals surface area contributed by atoms with E-state index in [1.54, 1.807) is 6.20 Å². The molecule has 1 unspecified atom stereocenters. The Balaban J connectivity index is 2.33. The molecule has 0 fully saturated rings. The van der Waals surface area contributed by atoms with Gasteiger partial charge in [0.05, 0.1) is 23.0 Å². The van der Waals surface area contributed by atoms with E-state index in [0.717, 1.165) is 23.7 Å². The van der Waals surface area contributed by atoms with Crippen molar-refractivity contribution in [1.29, 1.82) is 0 Å². The molecule has 0 saturated carbocycles. The zero-order chi connectivity index (χ0) is 14.7. The fourth-order valence-corrected chi connectivity index (χ4v) is 2.86. The second-order valence-corrected chi connectivity index (χ2v) is 5.65. The van der Waals surface area contributed by atoms with Gasteiger partial charge in [0.15, 0.2) is 0 Å². The molecule has 108 valence electrons. The van der Waals surface area contributed by atoms with Crippen LogP contribution in [0.1, 0.15) is 35.3 Å². The average molecular weight is 292 g/mol. The lowest BCUT2D eigenvalue weighted by Gasteiger charge is -2.20. The minimum atomic E-state index is 0.181. The summed E-state index contributed by atoms with van der Waals surface area (Å²) in [6.45, 7) is 7.29. The monoisotopic (exact) mass is 291 g/mol. The third kappa shape index (κ3) is 3.22. The van der Waals surface area contributed by atoms with E-state index in [9.17, 15) is 0 Å². The molecule has 0 spiro atoms. The summed E-state index contributed by atoms with van der Waals surface area (Å²) >= 11 is 6.29. The average Bonchev–Trinajstić information content (AvgIpc) is 2.73. The maximum atomic E-state index is 6.29. The zero-order valence-electron chi connectivity index (χ0n) is 12.6. The summed E-state index contributed by atoms with van der Waals surface area (Å²) in [5.41, 5.74) is 5.01. The van der Waals surface area contributed by atoms with Crippen molar-refractivity contribution in [3.63, 3.8) is 0 Å². The van der Waals surface area contributed by atoms with E-state index in [0.29, 0.717) is 0 Å². The van der Waals surface area contributed by atoms with E-state index in [1.165, 1.54) is 16.7 Å². The number of nitrogens with zero attached hydrogens (tertiary/aromatic N) is 2. The quantitative estimate of drug-likeness (QED) is 0.912. The lowest BCUT2D eigenvalue weighted by molar-refractivity contribution is 0.507. The maximum Gasteiger partial charge on any atom is 0.0834 e. The summed E-state index contributed by atoms with van der Waals surface area (Å²) in [6.07, 6.45) is 2.63. The van der Waals surface area contributed by atoms with Gasteiger partial charge in [0, 0.05) is 7.05 Å². The first-order valence-electron chi connectivity index (χ1n) is 6.99. The highest BCUT2D eigenvalue weighted by Crippen LogP contribution is 2.26. The summed E-state index contributed by atoms with van der Waals surface area (Å²) in [7, 11) is 1.94. The van der Waals surface area contributed by atoms with Crippen LogP contribution in [0.15, 0.2) is 24.4 Å². The van der Waals surface area contributed by atoms with Crippen LogP contribution in [0.25, 0.3) is 0 Å². The highest BCUT2D eigenvalue weighted by atomic mass is 35.5. The van der Waals surface area contributed by atoms with Gasteiger partial charge in [-0.05, 0) is 37.9 Å². The number of nitrogens with one attached hydrogen (secondary N) is 1. The number of hydrogen-bond acceptors (Lipinski definition) is 2. The van der Waals surface area contributed by atoms with Crippen LogP contribution < -0.4 is 5.32 Å². The molecular formula is C16H22ClN3. The minimum absolute atomic E-state index is 0.181. The van der Waals surface area contributed by atoms with Gasteiger partial charge in [0.1, 0.15) is 0 Å². The molecule has 2 rings (SSSR count). The first-order valence-corrected chi connectivity index (χ1v) is 7.37. The Morgan fingerprint density at radius 2 is 2.10 bits per heavy atom. The van der Waals surface area contributed by atoms with E-state index in [1.807, 2.05) is 11.7 Å². The van der Waals surface area contributed by atoms with Gasteiger partial charge in [-0.2, -0.15) is 5.10 Å². The predicted octanol–water partition coefficient (Wildman–Crippen LogP) is 3.58. The van der Waals surface area contributed by atoms with Crippen molar-refractivity contribution in [3.8, 4) is 0 Å². The topological polar surface area (TPSA) is 29.9 Å². The summed E-state index contributed by atoms with van der Waals surface area (Å²) in [5, 5.41) is 8.49. The summed E-state index contributed by atoms with van der Waals surface area (Å²) in [6, 6.07) is 6.76. The highest BCUT2D eigenvalue weighted by Gasteiger charge is 2.19. The standard InChI is InChI=1S/C16H22ClN3/c1-5-18-15(16-14(17)10-19-20(16)4)9-13-8-11(2)6-7-12(13)3/h6-8,10,15,18H,5,9H2,1-4H3. The van der Waals surface area contributed by atoms with Gasteiger partial charge < -0.3 is 5.32 Å². The molecule has 20 heavy (non-hydrogen) atoms. The second kappa shape index (κ2) is 6.42. The first-order chi connectivity index (χ1) is 9.52. The van der Waals surface area contributed by atoms with Gasteiger partial charge in [0.2, 0.25) is 0 Å². The Morgan fingerprint density at radius 1 is 1.35 bits per heavy atom. The maximum absolute atomic E-state index is 6.29. The Hall–Kier alpha value is -1.32. The predicted molar refractivity (Wildman–Crippen MR) is 84.3 cm³/mol. The Labute approximate surface area is 126 Å². The molecule has 1 aromatic heterocycles. The second-order valence-electron chi connectivity index (χ2n) is 5.25. The fraction of sp³-hybridized carbons (Fsp3) is 0.438. The van der Waals surface area contributed by atoms with Gasteiger partial charge in [-0.1, -0.05) is 42.3 Å². The Kier molecular flexibility index (Phi) is 4.84. The molecule has 4 heteroatoms. The van der Waals surface area contributed by atoms with Crippen molar-refractivity contribution in [2.24, 2.45) is 7.05 Å². The number of aryl methyl sites for hydroxylation is 3. The van der Waals surface area contributed by atoms with E-state index < -0.39 is 0 Å². The number of hydrogen-bond donors (Lipinski definition) is 1. The van der Waals surface area contributed by atoms with Gasteiger partial charge in [-0.25, -0.2) is 0 Å². The van der Waals surface area contributed by atoms with Crippen LogP contribution in [0.2, 0.25) is 5.02 Å². The molecule has 1 heterocycles. The van der Waals surface area contributed by atoms with Crippen LogP contribution in [0.5, 0.6) is 0 Å². The van der Waals surface area contributed by atoms with Crippen LogP contribution in [-0.4, -0.2) is 16.3 Å². The Bertz CT molecular complexity index is 570. The van der Waals surface area contributed by atoms with Gasteiger partial charge in [0.25, 0.3) is 0 Å². The van der Waals surface area contributed by atoms with Gasteiger partial charge in [-0.3, -0.25) is 4.68 Å². The molecule has 1 atom stereocenters. The van der Waals surface area contributed by atoms with Crippen LogP contribution in [0.3, 0.4) is 0 Å². The van der Waals surface area contributed by atoms with E-state index in [2.05, 4.69) is 49.4 Å². The molecule has 0 aliphatic heterocycles. The van der Waals surface area contributed by atoms with E-state index in [4.69, 9.17) is 11.6 Å². The van der Waals surface area contributed by atoms with Crippen molar-refractivity contribution in [3.05, 3.63) is 51.8 Å². The summed E-state index contributed by atoms with van der Waals surface area (Å²) in [5.74, 6) is 0. The molecule has 0 aliphatic rings. The molecular weight excluding hydrogens is 270 g/mol. The van der Waals surface area contributed by atoms with Crippen molar-refractivity contribution in [2.75, 3.05) is 6.54 Å². The van der Waals surface area contributed by atoms with Gasteiger partial charge in [-0.15, -0.1) is 0 Å². The van der Waals surface area contributed by atoms with Crippen molar-refractivity contribution < 1.29 is 0 Å². The lowest BCUT2D eigenvalue weighted by atomic mass is 9.97. The molecule has 3 nitrogen and oxygen atoms in total. The van der Waals surface area contributed by atoms with Crippen molar-refractivity contribution in [1.82, 2.24) is 15.1 Å². The number of aromatic nitrogens is 2. The van der Waals surface area contributed by atoms with Crippen LogP contribution >= 0.6 is 11.6 Å². The van der Waals surface area contributed by atoms with Crippen LogP contribution in [0.4, 0.5) is 0 Å². The molecule has 2 aromatic rings. The smallest absolute Gasteiger partial charge is 0.0834 e. The molecule has 0 amide bonds. The normalized spacial score (nSPS) is 12.7.